The average Bonchev–Trinajstić information content (AvgIpc) is 2.29. The number of carbonyl (C=O) groups excluding carboxylic acids is 1. The van der Waals surface area contributed by atoms with E-state index in [0.717, 1.165) is 18.4 Å². The summed E-state index contributed by atoms with van der Waals surface area (Å²) in [4.78, 5) is 11.9. The Hall–Kier alpha value is -1.77. The maximum absolute atomic E-state index is 11.9. The molecule has 0 saturated heterocycles. The van der Waals surface area contributed by atoms with Crippen LogP contribution in [0.5, 0.6) is 0 Å². The third kappa shape index (κ3) is 2.18. The normalized spacial score (nSPS) is 15.3. The molecule has 0 bridgehead atoms. The minimum atomic E-state index is 0.0157. The van der Waals surface area contributed by atoms with Crippen LogP contribution in [0, 0.1) is 0 Å². The van der Waals surface area contributed by atoms with Crippen molar-refractivity contribution in [1.82, 2.24) is 0 Å². The Morgan fingerprint density at radius 1 is 1.40 bits per heavy atom. The Morgan fingerprint density at radius 2 is 2.27 bits per heavy atom. The molecule has 0 aliphatic carbocycles. The first-order valence-corrected chi connectivity index (χ1v) is 4.98. The lowest BCUT2D eigenvalue weighted by atomic mass is 9.99. The summed E-state index contributed by atoms with van der Waals surface area (Å²) in [7, 11) is 0. The summed E-state index contributed by atoms with van der Waals surface area (Å²) < 4.78 is 5.14. The molecule has 0 fully saturated rings. The molecule has 0 atom stereocenters. The predicted molar refractivity (Wildman–Crippen MR) is 58.5 cm³/mol. The molecule has 1 aliphatic rings. The van der Waals surface area contributed by atoms with E-state index in [1.807, 2.05) is 0 Å². The number of ketones is 1. The first kappa shape index (κ1) is 9.77. The monoisotopic (exact) mass is 203 g/mol. The summed E-state index contributed by atoms with van der Waals surface area (Å²) in [5.41, 5.74) is 7.59. The maximum atomic E-state index is 11.9. The van der Waals surface area contributed by atoms with Gasteiger partial charge in [0.2, 0.25) is 0 Å². The molecular weight excluding hydrogens is 190 g/mol. The highest BCUT2D eigenvalue weighted by Gasteiger charge is 2.15. The highest BCUT2D eigenvalue weighted by atomic mass is 16.5. The van der Waals surface area contributed by atoms with Gasteiger partial charge in [0, 0.05) is 16.8 Å². The van der Waals surface area contributed by atoms with Crippen molar-refractivity contribution < 1.29 is 9.53 Å². The minimum absolute atomic E-state index is 0.0157. The second-order valence-corrected chi connectivity index (χ2v) is 3.57. The van der Waals surface area contributed by atoms with E-state index in [2.05, 4.69) is 0 Å². The Kier molecular flexibility index (Phi) is 2.72. The van der Waals surface area contributed by atoms with Crippen LogP contribution in [-0.2, 0) is 4.74 Å². The average molecular weight is 203 g/mol. The van der Waals surface area contributed by atoms with Gasteiger partial charge in [-0.25, -0.2) is 0 Å². The lowest BCUT2D eigenvalue weighted by molar-refractivity contribution is 0.101. The van der Waals surface area contributed by atoms with Crippen molar-refractivity contribution in [3.05, 3.63) is 41.7 Å². The first-order valence-electron chi connectivity index (χ1n) is 4.98. The second kappa shape index (κ2) is 4.17. The minimum Gasteiger partial charge on any atom is -0.501 e. The van der Waals surface area contributed by atoms with E-state index in [0.29, 0.717) is 17.9 Å². The molecule has 0 radical (unpaired) electrons. The largest absolute Gasteiger partial charge is 0.501 e. The number of hydrogen-bond acceptors (Lipinski definition) is 3. The molecule has 0 unspecified atom stereocenters. The zero-order chi connectivity index (χ0) is 10.7. The molecule has 78 valence electrons. The standard InChI is InChI=1S/C12H13NO2/c13-11-5-1-3-9(7-11)12(14)10-4-2-6-15-8-10/h1,3,5,7-8H,2,4,6,13H2. The van der Waals surface area contributed by atoms with Crippen LogP contribution in [0.3, 0.4) is 0 Å². The number of Topliss-reactive ketones (excluding diaryl/α,β-unsaturated/α-hetero) is 1. The Bertz CT molecular complexity index is 410. The third-order valence-electron chi connectivity index (χ3n) is 2.37. The predicted octanol–water partition coefficient (Wildman–Crippen LogP) is 2.15. The maximum Gasteiger partial charge on any atom is 0.192 e. The van der Waals surface area contributed by atoms with Crippen molar-refractivity contribution in [1.29, 1.82) is 0 Å². The van der Waals surface area contributed by atoms with E-state index in [1.165, 1.54) is 0 Å². The Balaban J connectivity index is 2.24. The molecule has 0 spiro atoms. The van der Waals surface area contributed by atoms with Crippen molar-refractivity contribution in [2.75, 3.05) is 12.3 Å². The van der Waals surface area contributed by atoms with Gasteiger partial charge in [-0.2, -0.15) is 0 Å². The summed E-state index contributed by atoms with van der Waals surface area (Å²) in [6, 6.07) is 7.02. The van der Waals surface area contributed by atoms with Gasteiger partial charge in [-0.05, 0) is 25.0 Å². The van der Waals surface area contributed by atoms with E-state index < -0.39 is 0 Å². The molecule has 1 aromatic carbocycles. The van der Waals surface area contributed by atoms with Gasteiger partial charge < -0.3 is 10.5 Å². The molecule has 3 heteroatoms. The van der Waals surface area contributed by atoms with Crippen molar-refractivity contribution in [3.8, 4) is 0 Å². The number of benzene rings is 1. The quantitative estimate of drug-likeness (QED) is 0.591. The fourth-order valence-electron chi connectivity index (χ4n) is 1.60. The highest BCUT2D eigenvalue weighted by Crippen LogP contribution is 2.18. The third-order valence-corrected chi connectivity index (χ3v) is 2.37. The SMILES string of the molecule is Nc1cccc(C(=O)C2=COCCC2)c1. The van der Waals surface area contributed by atoms with Crippen molar-refractivity contribution in [2.24, 2.45) is 0 Å². The molecular formula is C12H13NO2. The molecule has 3 nitrogen and oxygen atoms in total. The lowest BCUT2D eigenvalue weighted by Crippen LogP contribution is -2.09. The van der Waals surface area contributed by atoms with Crippen molar-refractivity contribution in [3.63, 3.8) is 0 Å². The smallest absolute Gasteiger partial charge is 0.192 e. The number of nitrogen functional groups attached to an aromatic ring is 1. The van der Waals surface area contributed by atoms with Crippen LogP contribution in [0.25, 0.3) is 0 Å². The molecule has 15 heavy (non-hydrogen) atoms. The van der Waals surface area contributed by atoms with Crippen LogP contribution in [0.2, 0.25) is 0 Å². The van der Waals surface area contributed by atoms with Gasteiger partial charge in [-0.15, -0.1) is 0 Å². The summed E-state index contributed by atoms with van der Waals surface area (Å²) in [5.74, 6) is 0.0157. The number of anilines is 1. The van der Waals surface area contributed by atoms with Crippen molar-refractivity contribution in [2.45, 2.75) is 12.8 Å². The van der Waals surface area contributed by atoms with E-state index in [9.17, 15) is 4.79 Å². The molecule has 1 heterocycles. The van der Waals surface area contributed by atoms with E-state index in [-0.39, 0.29) is 5.78 Å². The number of carbonyl (C=O) groups is 1. The molecule has 2 N–H and O–H groups in total. The number of allylic oxidation sites excluding steroid dienone is 1. The molecule has 1 aliphatic heterocycles. The van der Waals surface area contributed by atoms with Gasteiger partial charge in [-0.1, -0.05) is 12.1 Å². The summed E-state index contributed by atoms with van der Waals surface area (Å²) in [6.45, 7) is 0.702. The van der Waals surface area contributed by atoms with E-state index >= 15 is 0 Å². The second-order valence-electron chi connectivity index (χ2n) is 3.57. The van der Waals surface area contributed by atoms with Crippen LogP contribution in [-0.4, -0.2) is 12.4 Å². The lowest BCUT2D eigenvalue weighted by Gasteiger charge is -2.12. The number of rotatable bonds is 2. The van der Waals surface area contributed by atoms with Gasteiger partial charge in [-0.3, -0.25) is 4.79 Å². The van der Waals surface area contributed by atoms with Gasteiger partial charge in [0.05, 0.1) is 12.9 Å². The van der Waals surface area contributed by atoms with Crippen LogP contribution in [0.1, 0.15) is 23.2 Å². The molecule has 0 aromatic heterocycles. The molecule has 0 saturated carbocycles. The summed E-state index contributed by atoms with van der Waals surface area (Å²) in [6.07, 6.45) is 3.25. The fourth-order valence-corrected chi connectivity index (χ4v) is 1.60. The Labute approximate surface area is 88.5 Å². The van der Waals surface area contributed by atoms with Crippen LogP contribution in [0.4, 0.5) is 5.69 Å². The molecule has 2 rings (SSSR count). The van der Waals surface area contributed by atoms with E-state index in [4.69, 9.17) is 10.5 Å². The van der Waals surface area contributed by atoms with Gasteiger partial charge in [0.25, 0.3) is 0 Å². The summed E-state index contributed by atoms with van der Waals surface area (Å²) in [5, 5.41) is 0. The van der Waals surface area contributed by atoms with Crippen LogP contribution in [0.15, 0.2) is 36.1 Å². The molecule has 0 amide bonds. The van der Waals surface area contributed by atoms with Gasteiger partial charge in [0.1, 0.15) is 0 Å². The van der Waals surface area contributed by atoms with Crippen molar-refractivity contribution >= 4 is 11.5 Å². The highest BCUT2D eigenvalue weighted by molar-refractivity contribution is 6.08. The zero-order valence-corrected chi connectivity index (χ0v) is 8.40. The Morgan fingerprint density at radius 3 is 2.93 bits per heavy atom. The van der Waals surface area contributed by atoms with Crippen LogP contribution < -0.4 is 5.73 Å². The number of nitrogens with two attached hydrogens (primary N) is 1. The first-order chi connectivity index (χ1) is 7.27. The van der Waals surface area contributed by atoms with Crippen LogP contribution >= 0.6 is 0 Å². The zero-order valence-electron chi connectivity index (χ0n) is 8.40. The summed E-state index contributed by atoms with van der Waals surface area (Å²) >= 11 is 0. The topological polar surface area (TPSA) is 52.3 Å². The fraction of sp³-hybridized carbons (Fsp3) is 0.250. The van der Waals surface area contributed by atoms with E-state index in [1.54, 1.807) is 30.5 Å². The number of hydrogen-bond donors (Lipinski definition) is 1. The van der Waals surface area contributed by atoms with Gasteiger partial charge >= 0.3 is 0 Å². The molecule has 1 aromatic rings. The number of ether oxygens (including phenoxy) is 1. The van der Waals surface area contributed by atoms with Gasteiger partial charge in [0.15, 0.2) is 5.78 Å².